The topological polar surface area (TPSA) is 70.8 Å². The Bertz CT molecular complexity index is 1040. The molecule has 4 fully saturated rings. The SMILES string of the molecule is C[C@]12CC[C@H](N3CCC[C@@H]3C(=O)O)C[C@H]1CC[C@H]1C3=CC[C@H](c4ccc(=O)oc4)[C@@]3(C)CC[C@@H]12. The van der Waals surface area contributed by atoms with Gasteiger partial charge in [0, 0.05) is 12.1 Å². The number of aliphatic carboxylic acids is 1. The first-order chi connectivity index (χ1) is 16.3. The number of carboxylic acids is 1. The Morgan fingerprint density at radius 1 is 1.12 bits per heavy atom. The molecule has 184 valence electrons. The second-order valence-electron chi connectivity index (χ2n) is 12.4. The fourth-order valence-electron chi connectivity index (χ4n) is 9.43. The number of allylic oxidation sites excluding steroid dienone is 2. The van der Waals surface area contributed by atoms with Crippen molar-refractivity contribution in [2.75, 3.05) is 6.54 Å². The minimum absolute atomic E-state index is 0.172. The molecule has 4 aliphatic carbocycles. The number of carboxylic acid groups (broad SMARTS) is 1. The van der Waals surface area contributed by atoms with Crippen LogP contribution in [-0.2, 0) is 4.79 Å². The van der Waals surface area contributed by atoms with Crippen LogP contribution in [0, 0.1) is 28.6 Å². The molecule has 0 bridgehead atoms. The number of fused-ring (bicyclic) bond motifs is 5. The Hall–Kier alpha value is -1.88. The number of rotatable bonds is 3. The molecule has 1 aliphatic heterocycles. The lowest BCUT2D eigenvalue weighted by molar-refractivity contribution is -0.144. The van der Waals surface area contributed by atoms with Gasteiger partial charge in [0.1, 0.15) is 6.04 Å². The van der Waals surface area contributed by atoms with Crippen LogP contribution < -0.4 is 5.63 Å². The van der Waals surface area contributed by atoms with Gasteiger partial charge in [-0.2, -0.15) is 0 Å². The van der Waals surface area contributed by atoms with Gasteiger partial charge >= 0.3 is 11.6 Å². The fourth-order valence-corrected chi connectivity index (χ4v) is 9.43. The smallest absolute Gasteiger partial charge is 0.335 e. The molecule has 0 radical (unpaired) electrons. The minimum atomic E-state index is -0.624. The lowest BCUT2D eigenvalue weighted by Crippen LogP contribution is -2.54. The van der Waals surface area contributed by atoms with E-state index in [0.717, 1.165) is 38.1 Å². The molecule has 1 aromatic heterocycles. The zero-order valence-corrected chi connectivity index (χ0v) is 20.7. The molecule has 34 heavy (non-hydrogen) atoms. The molecule has 6 rings (SSSR count). The highest BCUT2D eigenvalue weighted by Gasteiger charge is 2.58. The van der Waals surface area contributed by atoms with E-state index in [9.17, 15) is 14.7 Å². The van der Waals surface area contributed by atoms with Crippen LogP contribution in [0.2, 0.25) is 0 Å². The van der Waals surface area contributed by atoms with Crippen molar-refractivity contribution in [1.82, 2.24) is 4.90 Å². The van der Waals surface area contributed by atoms with Crippen LogP contribution in [0.15, 0.2) is 39.3 Å². The maximum atomic E-state index is 11.8. The molecule has 5 heteroatoms. The normalized spacial score (nSPS) is 44.1. The van der Waals surface area contributed by atoms with E-state index in [0.29, 0.717) is 29.2 Å². The van der Waals surface area contributed by atoms with Crippen molar-refractivity contribution < 1.29 is 14.3 Å². The van der Waals surface area contributed by atoms with Gasteiger partial charge in [-0.25, -0.2) is 4.79 Å². The minimum Gasteiger partial charge on any atom is -0.480 e. The standard InChI is InChI=1S/C29H39NO4/c1-28-13-11-20(30-15-3-4-25(30)27(32)33)16-19(28)6-7-21-23-9-8-22(18-5-10-26(31)34-17-18)29(23,2)14-12-24(21)28/h5,9-10,17,19-22,24-25H,3-4,6-8,11-16H2,1-2H3,(H,32,33)/t19-,20+,21+,22-,24+,25-,28+,29-/m1/s1. The van der Waals surface area contributed by atoms with Crippen LogP contribution in [0.25, 0.3) is 0 Å². The predicted octanol–water partition coefficient (Wildman–Crippen LogP) is 5.60. The summed E-state index contributed by atoms with van der Waals surface area (Å²) < 4.78 is 5.24. The maximum absolute atomic E-state index is 11.8. The number of nitrogens with zero attached hydrogens (tertiary/aromatic N) is 1. The highest BCUT2D eigenvalue weighted by atomic mass is 16.4. The average molecular weight is 466 g/mol. The Morgan fingerprint density at radius 2 is 1.97 bits per heavy atom. The largest absolute Gasteiger partial charge is 0.480 e. The molecule has 2 heterocycles. The first-order valence-electron chi connectivity index (χ1n) is 13.6. The third-order valence-electron chi connectivity index (χ3n) is 11.2. The van der Waals surface area contributed by atoms with Crippen molar-refractivity contribution in [3.05, 3.63) is 46.0 Å². The summed E-state index contributed by atoms with van der Waals surface area (Å²) in [6.07, 6.45) is 15.8. The van der Waals surface area contributed by atoms with E-state index in [1.807, 2.05) is 6.07 Å². The summed E-state index contributed by atoms with van der Waals surface area (Å²) in [4.78, 5) is 25.6. The number of hydrogen-bond acceptors (Lipinski definition) is 4. The number of hydrogen-bond donors (Lipinski definition) is 1. The predicted molar refractivity (Wildman–Crippen MR) is 131 cm³/mol. The molecular formula is C29H39NO4. The van der Waals surface area contributed by atoms with Crippen molar-refractivity contribution >= 4 is 5.97 Å². The fraction of sp³-hybridized carbons (Fsp3) is 0.724. The van der Waals surface area contributed by atoms with Gasteiger partial charge in [-0.05, 0) is 117 Å². The Labute approximate surface area is 202 Å². The second kappa shape index (κ2) is 8.08. The molecular weight excluding hydrogens is 426 g/mol. The molecule has 5 aliphatic rings. The summed E-state index contributed by atoms with van der Waals surface area (Å²) in [6.45, 7) is 6.00. The van der Waals surface area contributed by atoms with Crippen LogP contribution in [0.4, 0.5) is 0 Å². The van der Waals surface area contributed by atoms with E-state index in [4.69, 9.17) is 4.42 Å². The average Bonchev–Trinajstić information content (AvgIpc) is 3.44. The number of carbonyl (C=O) groups is 1. The quantitative estimate of drug-likeness (QED) is 0.588. The second-order valence-corrected chi connectivity index (χ2v) is 12.4. The lowest BCUT2D eigenvalue weighted by Gasteiger charge is -2.60. The van der Waals surface area contributed by atoms with Crippen molar-refractivity contribution in [1.29, 1.82) is 0 Å². The van der Waals surface area contributed by atoms with Gasteiger partial charge in [0.25, 0.3) is 0 Å². The molecule has 0 amide bonds. The molecule has 8 atom stereocenters. The molecule has 3 saturated carbocycles. The van der Waals surface area contributed by atoms with E-state index in [2.05, 4.69) is 24.8 Å². The summed E-state index contributed by atoms with van der Waals surface area (Å²) in [5.41, 5.74) is 3.14. The van der Waals surface area contributed by atoms with E-state index in [1.54, 1.807) is 17.9 Å². The van der Waals surface area contributed by atoms with Gasteiger partial charge in [-0.3, -0.25) is 9.69 Å². The molecule has 0 unspecified atom stereocenters. The Kier molecular flexibility index (Phi) is 5.36. The zero-order chi connectivity index (χ0) is 23.7. The molecule has 0 aromatic carbocycles. The zero-order valence-electron chi connectivity index (χ0n) is 20.7. The van der Waals surface area contributed by atoms with E-state index in [-0.39, 0.29) is 17.1 Å². The van der Waals surface area contributed by atoms with Crippen LogP contribution >= 0.6 is 0 Å². The lowest BCUT2D eigenvalue weighted by atomic mass is 9.45. The third kappa shape index (κ3) is 3.29. The first-order valence-corrected chi connectivity index (χ1v) is 13.6. The summed E-state index contributed by atoms with van der Waals surface area (Å²) >= 11 is 0. The van der Waals surface area contributed by atoms with E-state index >= 15 is 0 Å². The van der Waals surface area contributed by atoms with Crippen molar-refractivity contribution in [3.8, 4) is 0 Å². The summed E-state index contributed by atoms with van der Waals surface area (Å²) in [6, 6.07) is 3.74. The van der Waals surface area contributed by atoms with Gasteiger partial charge in [-0.1, -0.05) is 25.5 Å². The van der Waals surface area contributed by atoms with Crippen molar-refractivity contribution in [2.45, 2.75) is 96.1 Å². The van der Waals surface area contributed by atoms with Crippen LogP contribution in [-0.4, -0.2) is 34.6 Å². The Balaban J connectivity index is 1.21. The van der Waals surface area contributed by atoms with Crippen molar-refractivity contribution in [2.24, 2.45) is 28.6 Å². The van der Waals surface area contributed by atoms with E-state index in [1.165, 1.54) is 44.1 Å². The van der Waals surface area contributed by atoms with E-state index < -0.39 is 5.97 Å². The van der Waals surface area contributed by atoms with Crippen LogP contribution in [0.3, 0.4) is 0 Å². The van der Waals surface area contributed by atoms with Gasteiger partial charge < -0.3 is 9.52 Å². The van der Waals surface area contributed by atoms with Gasteiger partial charge in [0.2, 0.25) is 0 Å². The van der Waals surface area contributed by atoms with Crippen LogP contribution in [0.1, 0.15) is 89.5 Å². The van der Waals surface area contributed by atoms with Gasteiger partial charge in [0.05, 0.1) is 6.26 Å². The maximum Gasteiger partial charge on any atom is 0.335 e. The molecule has 1 saturated heterocycles. The first kappa shape index (κ1) is 22.6. The van der Waals surface area contributed by atoms with Gasteiger partial charge in [-0.15, -0.1) is 0 Å². The number of likely N-dealkylation sites (tertiary alicyclic amines) is 1. The third-order valence-corrected chi connectivity index (χ3v) is 11.2. The summed E-state index contributed by atoms with van der Waals surface area (Å²) in [5.74, 6) is 1.93. The molecule has 0 spiro atoms. The van der Waals surface area contributed by atoms with Crippen LogP contribution in [0.5, 0.6) is 0 Å². The summed E-state index contributed by atoms with van der Waals surface area (Å²) in [7, 11) is 0. The highest BCUT2D eigenvalue weighted by molar-refractivity contribution is 5.73. The molecule has 1 N–H and O–H groups in total. The highest BCUT2D eigenvalue weighted by Crippen LogP contribution is 2.67. The Morgan fingerprint density at radius 3 is 2.74 bits per heavy atom. The molecule has 5 nitrogen and oxygen atoms in total. The molecule has 1 aromatic rings. The van der Waals surface area contributed by atoms with Crippen molar-refractivity contribution in [3.63, 3.8) is 0 Å². The monoisotopic (exact) mass is 465 g/mol. The summed E-state index contributed by atoms with van der Waals surface area (Å²) in [5, 5.41) is 9.71. The van der Waals surface area contributed by atoms with Gasteiger partial charge in [0.15, 0.2) is 0 Å².